The quantitative estimate of drug-likeness (QED) is 0.593. The molecular weight excluding hydrogens is 348 g/mol. The monoisotopic (exact) mass is 370 g/mol. The van der Waals surface area contributed by atoms with E-state index in [-0.39, 0.29) is 13.0 Å². The van der Waals surface area contributed by atoms with Gasteiger partial charge in [-0.15, -0.1) is 0 Å². The second-order valence-corrected chi connectivity index (χ2v) is 6.18. The fraction of sp³-hybridized carbons (Fsp3) is 0.632. The first-order valence-corrected chi connectivity index (χ1v) is 8.61. The highest BCUT2D eigenvalue weighted by Gasteiger charge is 2.63. The zero-order valence-corrected chi connectivity index (χ0v) is 15.7. The van der Waals surface area contributed by atoms with E-state index >= 15 is 0 Å². The lowest BCUT2D eigenvalue weighted by molar-refractivity contribution is -0.158. The van der Waals surface area contributed by atoms with E-state index in [1.165, 1.54) is 7.11 Å². The molecule has 0 fully saturated rings. The highest BCUT2D eigenvalue weighted by molar-refractivity contribution is 5.71. The van der Waals surface area contributed by atoms with Crippen LogP contribution in [0.2, 0.25) is 0 Å². The normalized spacial score (nSPS) is 20.6. The van der Waals surface area contributed by atoms with Crippen molar-refractivity contribution >= 4 is 5.97 Å². The molecule has 1 aliphatic carbocycles. The van der Waals surface area contributed by atoms with Gasteiger partial charge in [0.1, 0.15) is 12.7 Å². The molecule has 0 saturated heterocycles. The Morgan fingerprint density at radius 3 is 2.30 bits per heavy atom. The maximum absolute atomic E-state index is 12.0. The van der Waals surface area contributed by atoms with Crippen LogP contribution in [0.25, 0.3) is 0 Å². The molecule has 0 saturated carbocycles. The highest BCUT2D eigenvalue weighted by Crippen LogP contribution is 2.54. The van der Waals surface area contributed by atoms with Gasteiger partial charge >= 0.3 is 5.97 Å². The van der Waals surface area contributed by atoms with E-state index in [0.717, 1.165) is 0 Å². The maximum atomic E-state index is 12.0. The molecule has 1 aliphatic rings. The number of nitriles is 4. The van der Waals surface area contributed by atoms with Crippen LogP contribution in [-0.2, 0) is 19.0 Å². The summed E-state index contributed by atoms with van der Waals surface area (Å²) in [4.78, 5) is 12.0. The summed E-state index contributed by atoms with van der Waals surface area (Å²) in [5.74, 6) is -1.32. The van der Waals surface area contributed by atoms with Gasteiger partial charge in [0.2, 0.25) is 0 Å². The SMILES string of the molecule is CCCC(OC(=O)COC)C1C=C(OCC)CC(C#N)(C#N)C1(C#N)C#N. The number of esters is 1. The summed E-state index contributed by atoms with van der Waals surface area (Å²) in [5.41, 5.74) is -3.95. The Hall–Kier alpha value is -3.07. The third-order valence-corrected chi connectivity index (χ3v) is 4.56. The van der Waals surface area contributed by atoms with Gasteiger partial charge in [-0.05, 0) is 19.4 Å². The van der Waals surface area contributed by atoms with Gasteiger partial charge in [-0.25, -0.2) is 4.79 Å². The van der Waals surface area contributed by atoms with Crippen LogP contribution in [0.15, 0.2) is 11.8 Å². The molecule has 0 radical (unpaired) electrons. The van der Waals surface area contributed by atoms with Gasteiger partial charge in [0.15, 0.2) is 10.8 Å². The molecule has 0 heterocycles. The Kier molecular flexibility index (Phi) is 7.79. The number of nitrogens with zero attached hydrogens (tertiary/aromatic N) is 4. The van der Waals surface area contributed by atoms with Crippen molar-refractivity contribution in [3.63, 3.8) is 0 Å². The molecule has 0 aromatic carbocycles. The minimum atomic E-state index is -2.01. The lowest BCUT2D eigenvalue weighted by Crippen LogP contribution is -2.51. The maximum Gasteiger partial charge on any atom is 0.332 e. The Balaban J connectivity index is 3.59. The molecule has 8 nitrogen and oxygen atoms in total. The lowest BCUT2D eigenvalue weighted by atomic mass is 9.54. The number of carbonyl (C=O) groups excluding carboxylic acids is 1. The molecule has 0 bridgehead atoms. The minimum absolute atomic E-state index is 0.184. The first kappa shape index (κ1) is 22.0. The summed E-state index contributed by atoms with van der Waals surface area (Å²) in [7, 11) is 1.34. The largest absolute Gasteiger partial charge is 0.498 e. The molecule has 27 heavy (non-hydrogen) atoms. The first-order valence-electron chi connectivity index (χ1n) is 8.61. The van der Waals surface area contributed by atoms with E-state index in [9.17, 15) is 25.8 Å². The van der Waals surface area contributed by atoms with Crippen LogP contribution in [0.3, 0.4) is 0 Å². The van der Waals surface area contributed by atoms with Crippen LogP contribution in [0.4, 0.5) is 0 Å². The molecule has 0 N–H and O–H groups in total. The van der Waals surface area contributed by atoms with E-state index in [1.807, 2.05) is 31.2 Å². The number of carbonyl (C=O) groups is 1. The number of hydrogen-bond donors (Lipinski definition) is 0. The Morgan fingerprint density at radius 1 is 1.22 bits per heavy atom. The lowest BCUT2D eigenvalue weighted by Gasteiger charge is -2.43. The van der Waals surface area contributed by atoms with Crippen LogP contribution in [0.1, 0.15) is 33.1 Å². The minimum Gasteiger partial charge on any atom is -0.498 e. The van der Waals surface area contributed by atoms with E-state index in [0.29, 0.717) is 25.2 Å². The number of allylic oxidation sites excluding steroid dienone is 1. The first-order chi connectivity index (χ1) is 12.9. The van der Waals surface area contributed by atoms with Crippen molar-refractivity contribution in [1.82, 2.24) is 0 Å². The standard InChI is InChI=1S/C19H22N4O4/c1-4-6-16(27-17(24)9-25-3)15-7-14(26-5-2)8-18(10-20,11-21)19(15,12-22)13-23/h7,15-16H,4-6,8-9H2,1-3H3. The van der Waals surface area contributed by atoms with Crippen LogP contribution >= 0.6 is 0 Å². The number of rotatable bonds is 8. The molecule has 0 amide bonds. The molecular formula is C19H22N4O4. The molecule has 142 valence electrons. The predicted octanol–water partition coefficient (Wildman–Crippen LogP) is 2.35. The van der Waals surface area contributed by atoms with Crippen molar-refractivity contribution < 1.29 is 19.0 Å². The van der Waals surface area contributed by atoms with Crippen LogP contribution in [0, 0.1) is 62.1 Å². The van der Waals surface area contributed by atoms with Crippen molar-refractivity contribution in [2.45, 2.75) is 39.2 Å². The van der Waals surface area contributed by atoms with Crippen molar-refractivity contribution in [1.29, 1.82) is 21.0 Å². The second-order valence-electron chi connectivity index (χ2n) is 6.18. The Labute approximate surface area is 159 Å². The summed E-state index contributed by atoms with van der Waals surface area (Å²) in [6, 6.07) is 7.50. The van der Waals surface area contributed by atoms with E-state index < -0.39 is 28.8 Å². The average molecular weight is 370 g/mol. The third-order valence-electron chi connectivity index (χ3n) is 4.56. The third kappa shape index (κ3) is 4.03. The molecule has 2 atom stereocenters. The average Bonchev–Trinajstić information content (AvgIpc) is 2.67. The predicted molar refractivity (Wildman–Crippen MR) is 91.8 cm³/mol. The van der Waals surface area contributed by atoms with Gasteiger partial charge in [-0.1, -0.05) is 13.3 Å². The molecule has 2 unspecified atom stereocenters. The topological polar surface area (TPSA) is 140 Å². The van der Waals surface area contributed by atoms with Gasteiger partial charge in [0, 0.05) is 13.5 Å². The van der Waals surface area contributed by atoms with Gasteiger partial charge in [-0.2, -0.15) is 21.0 Å². The van der Waals surface area contributed by atoms with E-state index in [2.05, 4.69) is 0 Å². The zero-order valence-electron chi connectivity index (χ0n) is 15.7. The van der Waals surface area contributed by atoms with Gasteiger partial charge in [0.25, 0.3) is 0 Å². The molecule has 0 spiro atoms. The number of ether oxygens (including phenoxy) is 3. The number of methoxy groups -OCH3 is 1. The van der Waals surface area contributed by atoms with Gasteiger partial charge < -0.3 is 14.2 Å². The molecule has 0 aromatic rings. The molecule has 0 aliphatic heterocycles. The Bertz CT molecular complexity index is 720. The zero-order chi connectivity index (χ0) is 20.5. The van der Waals surface area contributed by atoms with Crippen molar-refractivity contribution in [3.05, 3.63) is 11.8 Å². The van der Waals surface area contributed by atoms with Crippen molar-refractivity contribution in [2.75, 3.05) is 20.3 Å². The smallest absolute Gasteiger partial charge is 0.332 e. The molecule has 0 aromatic heterocycles. The van der Waals surface area contributed by atoms with Crippen molar-refractivity contribution in [2.24, 2.45) is 16.7 Å². The summed E-state index contributed by atoms with van der Waals surface area (Å²) < 4.78 is 15.7. The second kappa shape index (κ2) is 9.58. The summed E-state index contributed by atoms with van der Waals surface area (Å²) >= 11 is 0. The Morgan fingerprint density at radius 2 is 1.85 bits per heavy atom. The van der Waals surface area contributed by atoms with Crippen molar-refractivity contribution in [3.8, 4) is 24.3 Å². The van der Waals surface area contributed by atoms with Crippen LogP contribution < -0.4 is 0 Å². The summed E-state index contributed by atoms with van der Waals surface area (Å²) in [5, 5.41) is 39.2. The summed E-state index contributed by atoms with van der Waals surface area (Å²) in [6.45, 7) is 3.60. The van der Waals surface area contributed by atoms with Crippen LogP contribution in [-0.4, -0.2) is 32.4 Å². The van der Waals surface area contributed by atoms with Gasteiger partial charge in [0.05, 0.1) is 42.6 Å². The summed E-state index contributed by atoms with van der Waals surface area (Å²) in [6.07, 6.45) is 1.42. The van der Waals surface area contributed by atoms with Crippen LogP contribution in [0.5, 0.6) is 0 Å². The van der Waals surface area contributed by atoms with E-state index in [4.69, 9.17) is 14.2 Å². The fourth-order valence-electron chi connectivity index (χ4n) is 3.30. The highest BCUT2D eigenvalue weighted by atomic mass is 16.6. The van der Waals surface area contributed by atoms with Gasteiger partial charge in [-0.3, -0.25) is 0 Å². The van der Waals surface area contributed by atoms with E-state index in [1.54, 1.807) is 13.0 Å². The molecule has 8 heteroatoms. The number of hydrogen-bond acceptors (Lipinski definition) is 8. The fourth-order valence-corrected chi connectivity index (χ4v) is 3.30. The molecule has 1 rings (SSSR count).